The number of hydrogen-bond acceptors (Lipinski definition) is 2. The Labute approximate surface area is 90.8 Å². The van der Waals surface area contributed by atoms with E-state index in [1.807, 2.05) is 13.8 Å². The van der Waals surface area contributed by atoms with E-state index in [0.29, 0.717) is 25.3 Å². The Morgan fingerprint density at radius 1 is 1.50 bits per heavy atom. The van der Waals surface area contributed by atoms with E-state index in [4.69, 9.17) is 11.6 Å². The van der Waals surface area contributed by atoms with Crippen LogP contribution in [-0.2, 0) is 4.79 Å². The lowest BCUT2D eigenvalue weighted by Gasteiger charge is -2.25. The summed E-state index contributed by atoms with van der Waals surface area (Å²) in [5, 5.41) is 12.6. The molecule has 1 unspecified atom stereocenters. The lowest BCUT2D eigenvalue weighted by Crippen LogP contribution is -2.43. The Hall–Kier alpha value is -0.280. The summed E-state index contributed by atoms with van der Waals surface area (Å²) in [7, 11) is 0. The third kappa shape index (κ3) is 4.29. The second-order valence-electron chi connectivity index (χ2n) is 3.70. The standard InChI is InChI=1S/C10H20ClNO2/c1-4-10(14,5-2)7-12-9(13)8(3)6-11/h8,14H,4-7H2,1-3H3,(H,12,13). The number of nitrogens with one attached hydrogen (secondary N) is 1. The van der Waals surface area contributed by atoms with Crippen molar-refractivity contribution in [3.8, 4) is 0 Å². The zero-order valence-electron chi connectivity index (χ0n) is 9.14. The molecule has 0 aromatic carbocycles. The van der Waals surface area contributed by atoms with Gasteiger partial charge in [0.25, 0.3) is 0 Å². The smallest absolute Gasteiger partial charge is 0.224 e. The molecule has 2 N–H and O–H groups in total. The van der Waals surface area contributed by atoms with Gasteiger partial charge < -0.3 is 10.4 Å². The Morgan fingerprint density at radius 2 is 2.00 bits per heavy atom. The molecule has 0 heterocycles. The van der Waals surface area contributed by atoms with Gasteiger partial charge >= 0.3 is 0 Å². The van der Waals surface area contributed by atoms with Gasteiger partial charge in [-0.1, -0.05) is 20.8 Å². The fourth-order valence-corrected chi connectivity index (χ4v) is 1.14. The molecule has 0 rings (SSSR count). The van der Waals surface area contributed by atoms with Crippen molar-refractivity contribution in [3.63, 3.8) is 0 Å². The number of aliphatic hydroxyl groups is 1. The monoisotopic (exact) mass is 221 g/mol. The summed E-state index contributed by atoms with van der Waals surface area (Å²) in [6, 6.07) is 0. The minimum Gasteiger partial charge on any atom is -0.388 e. The van der Waals surface area contributed by atoms with Crippen LogP contribution in [0.15, 0.2) is 0 Å². The predicted octanol–water partition coefficient (Wildman–Crippen LogP) is 1.53. The molecule has 1 atom stereocenters. The van der Waals surface area contributed by atoms with Gasteiger partial charge in [-0.25, -0.2) is 0 Å². The zero-order valence-corrected chi connectivity index (χ0v) is 9.90. The maximum atomic E-state index is 11.3. The summed E-state index contributed by atoms with van der Waals surface area (Å²) in [6.45, 7) is 5.88. The fraction of sp³-hybridized carbons (Fsp3) is 0.900. The zero-order chi connectivity index (χ0) is 11.2. The van der Waals surface area contributed by atoms with Crippen LogP contribution in [0, 0.1) is 5.92 Å². The summed E-state index contributed by atoms with van der Waals surface area (Å²) in [5.74, 6) is 0.0117. The van der Waals surface area contributed by atoms with E-state index in [1.165, 1.54) is 0 Å². The highest BCUT2D eigenvalue weighted by atomic mass is 35.5. The van der Waals surface area contributed by atoms with Crippen molar-refractivity contribution >= 4 is 17.5 Å². The first kappa shape index (κ1) is 13.7. The molecule has 84 valence electrons. The van der Waals surface area contributed by atoms with Crippen LogP contribution in [0.1, 0.15) is 33.6 Å². The van der Waals surface area contributed by atoms with Gasteiger partial charge in [0, 0.05) is 18.3 Å². The van der Waals surface area contributed by atoms with Crippen LogP contribution in [-0.4, -0.2) is 29.0 Å². The second kappa shape index (κ2) is 6.25. The Bertz CT molecular complexity index is 181. The highest BCUT2D eigenvalue weighted by Crippen LogP contribution is 2.13. The molecule has 4 heteroatoms. The van der Waals surface area contributed by atoms with Crippen molar-refractivity contribution in [2.45, 2.75) is 39.2 Å². The maximum Gasteiger partial charge on any atom is 0.224 e. The second-order valence-corrected chi connectivity index (χ2v) is 4.01. The van der Waals surface area contributed by atoms with Crippen LogP contribution in [0.3, 0.4) is 0 Å². The lowest BCUT2D eigenvalue weighted by molar-refractivity contribution is -0.125. The van der Waals surface area contributed by atoms with Crippen LogP contribution in [0.4, 0.5) is 0 Å². The molecule has 14 heavy (non-hydrogen) atoms. The molecular weight excluding hydrogens is 202 g/mol. The first-order chi connectivity index (χ1) is 6.49. The van der Waals surface area contributed by atoms with E-state index in [0.717, 1.165) is 0 Å². The van der Waals surface area contributed by atoms with Gasteiger partial charge in [0.05, 0.1) is 5.60 Å². The van der Waals surface area contributed by atoms with E-state index in [9.17, 15) is 9.90 Å². The summed E-state index contributed by atoms with van der Waals surface area (Å²) < 4.78 is 0. The minimum absolute atomic E-state index is 0.0969. The summed E-state index contributed by atoms with van der Waals surface area (Å²) in [5.41, 5.74) is -0.776. The average molecular weight is 222 g/mol. The number of alkyl halides is 1. The van der Waals surface area contributed by atoms with Gasteiger partial charge in [-0.3, -0.25) is 4.79 Å². The van der Waals surface area contributed by atoms with Gasteiger partial charge in [-0.05, 0) is 12.8 Å². The van der Waals surface area contributed by atoms with E-state index in [-0.39, 0.29) is 11.8 Å². The molecule has 0 aromatic rings. The number of hydrogen-bond donors (Lipinski definition) is 2. The molecule has 0 aliphatic heterocycles. The van der Waals surface area contributed by atoms with Crippen molar-refractivity contribution in [2.75, 3.05) is 12.4 Å². The Kier molecular flexibility index (Phi) is 6.12. The summed E-state index contributed by atoms with van der Waals surface area (Å²) >= 11 is 5.54. The Morgan fingerprint density at radius 3 is 2.36 bits per heavy atom. The van der Waals surface area contributed by atoms with Gasteiger partial charge in [0.15, 0.2) is 0 Å². The molecule has 0 saturated carbocycles. The van der Waals surface area contributed by atoms with Gasteiger partial charge in [0.2, 0.25) is 5.91 Å². The molecule has 0 spiro atoms. The predicted molar refractivity (Wildman–Crippen MR) is 58.4 cm³/mol. The van der Waals surface area contributed by atoms with Crippen LogP contribution in [0.5, 0.6) is 0 Å². The molecule has 0 fully saturated rings. The molecule has 3 nitrogen and oxygen atoms in total. The van der Waals surface area contributed by atoms with Crippen molar-refractivity contribution in [3.05, 3.63) is 0 Å². The Balaban J connectivity index is 3.98. The third-order valence-electron chi connectivity index (χ3n) is 2.59. The highest BCUT2D eigenvalue weighted by molar-refractivity contribution is 6.19. The highest BCUT2D eigenvalue weighted by Gasteiger charge is 2.23. The quantitative estimate of drug-likeness (QED) is 0.669. The molecule has 0 bridgehead atoms. The summed E-state index contributed by atoms with van der Waals surface area (Å²) in [4.78, 5) is 11.3. The van der Waals surface area contributed by atoms with Gasteiger partial charge in [-0.15, -0.1) is 11.6 Å². The fourth-order valence-electron chi connectivity index (χ4n) is 0.996. The summed E-state index contributed by atoms with van der Waals surface area (Å²) in [6.07, 6.45) is 1.28. The van der Waals surface area contributed by atoms with Crippen LogP contribution in [0.2, 0.25) is 0 Å². The molecule has 0 radical (unpaired) electrons. The SMILES string of the molecule is CCC(O)(CC)CNC(=O)C(C)CCl. The van der Waals surface area contributed by atoms with Crippen molar-refractivity contribution in [1.29, 1.82) is 0 Å². The number of halogens is 1. The third-order valence-corrected chi connectivity index (χ3v) is 3.05. The van der Waals surface area contributed by atoms with Crippen molar-refractivity contribution in [1.82, 2.24) is 5.32 Å². The molecule has 1 amide bonds. The molecule has 0 aliphatic rings. The first-order valence-corrected chi connectivity index (χ1v) is 5.58. The van der Waals surface area contributed by atoms with Crippen molar-refractivity contribution < 1.29 is 9.90 Å². The van der Waals surface area contributed by atoms with Crippen molar-refractivity contribution in [2.24, 2.45) is 5.92 Å². The van der Waals surface area contributed by atoms with Crippen LogP contribution in [0.25, 0.3) is 0 Å². The number of rotatable bonds is 6. The molecular formula is C10H20ClNO2. The normalized spacial score (nSPS) is 13.8. The van der Waals surface area contributed by atoms with E-state index >= 15 is 0 Å². The number of amides is 1. The van der Waals surface area contributed by atoms with E-state index < -0.39 is 5.60 Å². The number of carbonyl (C=O) groups is 1. The molecule has 0 saturated heterocycles. The van der Waals surface area contributed by atoms with E-state index in [1.54, 1.807) is 6.92 Å². The topological polar surface area (TPSA) is 49.3 Å². The molecule has 0 aromatic heterocycles. The minimum atomic E-state index is -0.776. The maximum absolute atomic E-state index is 11.3. The number of carbonyl (C=O) groups excluding carboxylic acids is 1. The largest absolute Gasteiger partial charge is 0.388 e. The van der Waals surface area contributed by atoms with Gasteiger partial charge in [-0.2, -0.15) is 0 Å². The lowest BCUT2D eigenvalue weighted by atomic mass is 9.97. The van der Waals surface area contributed by atoms with E-state index in [2.05, 4.69) is 5.32 Å². The van der Waals surface area contributed by atoms with Crippen LogP contribution < -0.4 is 5.32 Å². The van der Waals surface area contributed by atoms with Gasteiger partial charge in [0.1, 0.15) is 0 Å². The average Bonchev–Trinajstić information content (AvgIpc) is 2.24. The molecule has 0 aliphatic carbocycles. The first-order valence-electron chi connectivity index (χ1n) is 5.05. The van der Waals surface area contributed by atoms with Crippen LogP contribution >= 0.6 is 11.6 Å².